The van der Waals surface area contributed by atoms with Crippen LogP contribution in [0.25, 0.3) is 0 Å². The first-order valence-corrected chi connectivity index (χ1v) is 15.7. The van der Waals surface area contributed by atoms with Crippen molar-refractivity contribution in [3.63, 3.8) is 0 Å². The standard InChI is InChI=1S/C26H41N9O2S/c36-22(20-30-16-18-38-19-17-30)35-11-5-6-21(35)23(37)31-12-14-34(15-13-31)26-28-24(32-7-1-2-8-32)27-25(29-26)33-9-3-4-10-33/h21H,1-20H2. The van der Waals surface area contributed by atoms with E-state index in [1.807, 2.05) is 21.6 Å². The number of likely N-dealkylation sites (tertiary alicyclic amines) is 1. The first kappa shape index (κ1) is 25.9. The molecule has 5 saturated heterocycles. The molecule has 1 aromatic heterocycles. The van der Waals surface area contributed by atoms with Crippen LogP contribution in [0.3, 0.4) is 0 Å². The summed E-state index contributed by atoms with van der Waals surface area (Å²) in [6.45, 7) is 9.70. The molecule has 12 heteroatoms. The van der Waals surface area contributed by atoms with Crippen molar-refractivity contribution in [2.45, 2.75) is 44.6 Å². The van der Waals surface area contributed by atoms with Gasteiger partial charge in [0.25, 0.3) is 0 Å². The minimum Gasteiger partial charge on any atom is -0.341 e. The van der Waals surface area contributed by atoms with Crippen molar-refractivity contribution >= 4 is 41.4 Å². The molecule has 0 spiro atoms. The minimum absolute atomic E-state index is 0.107. The first-order chi connectivity index (χ1) is 18.7. The van der Waals surface area contributed by atoms with Crippen LogP contribution in [-0.2, 0) is 9.59 Å². The average molecular weight is 544 g/mol. The second kappa shape index (κ2) is 11.8. The Kier molecular flexibility index (Phi) is 8.05. The number of carbonyl (C=O) groups excluding carboxylic acids is 2. The molecule has 11 nitrogen and oxygen atoms in total. The fourth-order valence-electron chi connectivity index (χ4n) is 6.30. The molecule has 0 N–H and O–H groups in total. The molecule has 0 saturated carbocycles. The summed E-state index contributed by atoms with van der Waals surface area (Å²) in [4.78, 5) is 54.1. The van der Waals surface area contributed by atoms with Crippen molar-refractivity contribution in [3.05, 3.63) is 0 Å². The van der Waals surface area contributed by atoms with E-state index in [0.717, 1.165) is 81.5 Å². The zero-order valence-corrected chi connectivity index (χ0v) is 23.3. The van der Waals surface area contributed by atoms with Crippen molar-refractivity contribution in [1.82, 2.24) is 29.7 Å². The maximum atomic E-state index is 13.5. The van der Waals surface area contributed by atoms with Crippen molar-refractivity contribution in [2.24, 2.45) is 0 Å². The van der Waals surface area contributed by atoms with E-state index < -0.39 is 0 Å². The Morgan fingerprint density at radius 1 is 0.658 bits per heavy atom. The second-order valence-electron chi connectivity index (χ2n) is 11.1. The number of amides is 2. The number of thioether (sulfide) groups is 1. The van der Waals surface area contributed by atoms with Gasteiger partial charge in [-0.05, 0) is 38.5 Å². The molecule has 6 rings (SSSR count). The number of piperazine rings is 1. The van der Waals surface area contributed by atoms with E-state index >= 15 is 0 Å². The summed E-state index contributed by atoms with van der Waals surface area (Å²) in [5, 5.41) is 0. The maximum Gasteiger partial charge on any atom is 0.245 e. The van der Waals surface area contributed by atoms with Gasteiger partial charge >= 0.3 is 0 Å². The Morgan fingerprint density at radius 2 is 1.18 bits per heavy atom. The Balaban J connectivity index is 1.09. The summed E-state index contributed by atoms with van der Waals surface area (Å²) in [6.07, 6.45) is 6.39. The van der Waals surface area contributed by atoms with Gasteiger partial charge in [-0.25, -0.2) is 0 Å². The zero-order valence-electron chi connectivity index (χ0n) is 22.5. The summed E-state index contributed by atoms with van der Waals surface area (Å²) < 4.78 is 0. The van der Waals surface area contributed by atoms with Crippen LogP contribution in [0.1, 0.15) is 38.5 Å². The summed E-state index contributed by atoms with van der Waals surface area (Å²) in [6, 6.07) is -0.311. The SMILES string of the molecule is O=C(C1CCCN1C(=O)CN1CCSCC1)N1CCN(c2nc(N3CCCC3)nc(N3CCCC3)n2)CC1. The topological polar surface area (TPSA) is 92.2 Å². The quantitative estimate of drug-likeness (QED) is 0.512. The first-order valence-electron chi connectivity index (χ1n) is 14.5. The number of nitrogens with zero attached hydrogens (tertiary/aromatic N) is 9. The Labute approximate surface area is 229 Å². The molecule has 1 unspecified atom stereocenters. The highest BCUT2D eigenvalue weighted by molar-refractivity contribution is 7.99. The van der Waals surface area contributed by atoms with Crippen LogP contribution in [-0.4, -0.2) is 138 Å². The molecular weight excluding hydrogens is 502 g/mol. The Morgan fingerprint density at radius 3 is 1.74 bits per heavy atom. The van der Waals surface area contributed by atoms with Crippen molar-refractivity contribution in [1.29, 1.82) is 0 Å². The van der Waals surface area contributed by atoms with Gasteiger partial charge in [0.05, 0.1) is 6.54 Å². The molecule has 1 atom stereocenters. The van der Waals surface area contributed by atoms with Gasteiger partial charge in [-0.2, -0.15) is 26.7 Å². The molecule has 0 bridgehead atoms. The number of aromatic nitrogens is 3. The van der Waals surface area contributed by atoms with E-state index in [0.29, 0.717) is 39.3 Å². The van der Waals surface area contributed by atoms with Crippen LogP contribution < -0.4 is 14.7 Å². The van der Waals surface area contributed by atoms with Gasteiger partial charge in [0.1, 0.15) is 6.04 Å². The lowest BCUT2D eigenvalue weighted by Crippen LogP contribution is -2.55. The highest BCUT2D eigenvalue weighted by atomic mass is 32.2. The predicted octanol–water partition coefficient (Wildman–Crippen LogP) is 0.760. The van der Waals surface area contributed by atoms with Crippen molar-refractivity contribution in [3.8, 4) is 0 Å². The van der Waals surface area contributed by atoms with Crippen LogP contribution in [0, 0.1) is 0 Å². The van der Waals surface area contributed by atoms with Gasteiger partial charge in [-0.15, -0.1) is 0 Å². The van der Waals surface area contributed by atoms with Gasteiger partial charge in [0.15, 0.2) is 0 Å². The normalized spacial score (nSPS) is 25.1. The molecule has 0 radical (unpaired) electrons. The highest BCUT2D eigenvalue weighted by Crippen LogP contribution is 2.26. The number of hydrogen-bond donors (Lipinski definition) is 0. The van der Waals surface area contributed by atoms with Crippen LogP contribution in [0.4, 0.5) is 17.8 Å². The average Bonchev–Trinajstić information content (AvgIpc) is 3.76. The second-order valence-corrected chi connectivity index (χ2v) is 12.3. The van der Waals surface area contributed by atoms with E-state index in [1.165, 1.54) is 25.7 Å². The molecule has 0 aliphatic carbocycles. The third-order valence-corrected chi connectivity index (χ3v) is 9.52. The molecule has 2 amide bonds. The lowest BCUT2D eigenvalue weighted by molar-refractivity contribution is -0.144. The van der Waals surface area contributed by atoms with Gasteiger partial charge in [-0.1, -0.05) is 0 Å². The van der Waals surface area contributed by atoms with Gasteiger partial charge in [-0.3, -0.25) is 14.5 Å². The van der Waals surface area contributed by atoms with Crippen LogP contribution >= 0.6 is 11.8 Å². The number of carbonyl (C=O) groups is 2. The van der Waals surface area contributed by atoms with Gasteiger partial charge in [0, 0.05) is 83.5 Å². The Bertz CT molecular complexity index is 953. The molecule has 5 aliphatic heterocycles. The van der Waals surface area contributed by atoms with Crippen molar-refractivity contribution < 1.29 is 9.59 Å². The lowest BCUT2D eigenvalue weighted by atomic mass is 10.1. The fraction of sp³-hybridized carbons (Fsp3) is 0.808. The monoisotopic (exact) mass is 543 g/mol. The maximum absolute atomic E-state index is 13.5. The molecule has 208 valence electrons. The Hall–Kier alpha value is -2.34. The summed E-state index contributed by atoms with van der Waals surface area (Å²) in [7, 11) is 0. The molecule has 5 fully saturated rings. The van der Waals surface area contributed by atoms with Crippen molar-refractivity contribution in [2.75, 3.05) is 105 Å². The largest absolute Gasteiger partial charge is 0.341 e. The molecule has 5 aliphatic rings. The summed E-state index contributed by atoms with van der Waals surface area (Å²) in [5.74, 6) is 4.70. The number of hydrogen-bond acceptors (Lipinski definition) is 10. The minimum atomic E-state index is -0.311. The molecule has 0 aromatic carbocycles. The zero-order chi connectivity index (χ0) is 25.9. The smallest absolute Gasteiger partial charge is 0.245 e. The van der Waals surface area contributed by atoms with E-state index in [1.54, 1.807) is 0 Å². The summed E-state index contributed by atoms with van der Waals surface area (Å²) >= 11 is 1.95. The summed E-state index contributed by atoms with van der Waals surface area (Å²) in [5.41, 5.74) is 0. The van der Waals surface area contributed by atoms with Gasteiger partial charge < -0.3 is 24.5 Å². The van der Waals surface area contributed by atoms with Gasteiger partial charge in [0.2, 0.25) is 29.7 Å². The van der Waals surface area contributed by atoms with E-state index in [4.69, 9.17) is 15.0 Å². The highest BCUT2D eigenvalue weighted by Gasteiger charge is 2.38. The van der Waals surface area contributed by atoms with Crippen LogP contribution in [0.15, 0.2) is 0 Å². The number of anilines is 3. The third-order valence-electron chi connectivity index (χ3n) is 8.57. The molecule has 1 aromatic rings. The number of rotatable bonds is 6. The fourth-order valence-corrected chi connectivity index (χ4v) is 7.28. The van der Waals surface area contributed by atoms with Crippen LogP contribution in [0.2, 0.25) is 0 Å². The third kappa shape index (κ3) is 5.66. The lowest BCUT2D eigenvalue weighted by Gasteiger charge is -2.38. The van der Waals surface area contributed by atoms with E-state index in [-0.39, 0.29) is 17.9 Å². The van der Waals surface area contributed by atoms with E-state index in [9.17, 15) is 9.59 Å². The van der Waals surface area contributed by atoms with E-state index in [2.05, 4.69) is 19.6 Å². The predicted molar refractivity (Wildman–Crippen MR) is 150 cm³/mol. The molecular formula is C26H41N9O2S. The molecule has 6 heterocycles. The van der Waals surface area contributed by atoms with Crippen LogP contribution in [0.5, 0.6) is 0 Å². The molecule has 38 heavy (non-hydrogen) atoms.